The van der Waals surface area contributed by atoms with Gasteiger partial charge < -0.3 is 9.16 Å². The first-order valence-corrected chi connectivity index (χ1v) is 19.3. The summed E-state index contributed by atoms with van der Waals surface area (Å²) >= 11 is 2.67. The number of pyridine rings is 1. The van der Waals surface area contributed by atoms with E-state index < -0.39 is 8.32 Å². The zero-order valence-electron chi connectivity index (χ0n) is 26.0. The number of aromatic nitrogens is 1. The van der Waals surface area contributed by atoms with Gasteiger partial charge in [0, 0.05) is 32.0 Å². The first-order chi connectivity index (χ1) is 18.6. The van der Waals surface area contributed by atoms with Crippen molar-refractivity contribution in [3.8, 4) is 6.07 Å². The van der Waals surface area contributed by atoms with Crippen LogP contribution in [0.15, 0.2) is 24.3 Å². The zero-order chi connectivity index (χ0) is 29.3. The van der Waals surface area contributed by atoms with Crippen molar-refractivity contribution < 1.29 is 9.16 Å². The third kappa shape index (κ3) is 5.12. The van der Waals surface area contributed by atoms with Gasteiger partial charge >= 0.3 is 0 Å². The van der Waals surface area contributed by atoms with Gasteiger partial charge in [-0.1, -0.05) is 95.3 Å². The molecule has 0 saturated heterocycles. The number of fused-ring (bicyclic) bond motifs is 4. The lowest BCUT2D eigenvalue weighted by molar-refractivity contribution is -0.0514. The van der Waals surface area contributed by atoms with Gasteiger partial charge in [0.1, 0.15) is 11.7 Å². The highest BCUT2D eigenvalue weighted by Gasteiger charge is 2.57. The standard InChI is InChI=1S/C34H47IN2O2Si/c1-21(2)30-28-29(27-24(37-30)19-33(6,7)20-25(27)39-40(8,9)32(3,4)5)34(17-10-11-26(34)35)38-31(28)23-14-12-22(13-15-23)16-18-36/h12-15,21,25-26,31H,10-11,16-17,19-20H2,1-9H3/t25?,26?,31-,34?/m1/s1. The van der Waals surface area contributed by atoms with Crippen molar-refractivity contribution in [3.63, 3.8) is 0 Å². The van der Waals surface area contributed by atoms with Crippen LogP contribution in [0.25, 0.3) is 0 Å². The van der Waals surface area contributed by atoms with Crippen molar-refractivity contribution in [1.29, 1.82) is 5.26 Å². The Bertz CT molecular complexity index is 1320. The highest BCUT2D eigenvalue weighted by Crippen LogP contribution is 2.62. The third-order valence-electron chi connectivity index (χ3n) is 9.97. The minimum atomic E-state index is -2.05. The molecule has 40 heavy (non-hydrogen) atoms. The molecule has 1 aliphatic heterocycles. The molecule has 1 aromatic heterocycles. The molecular formula is C34H47IN2O2Si. The highest BCUT2D eigenvalue weighted by atomic mass is 127. The number of benzene rings is 1. The monoisotopic (exact) mass is 670 g/mol. The minimum absolute atomic E-state index is 0.0310. The first kappa shape index (κ1) is 30.2. The van der Waals surface area contributed by atoms with Crippen LogP contribution in [0.2, 0.25) is 18.1 Å². The van der Waals surface area contributed by atoms with Crippen LogP contribution >= 0.6 is 22.6 Å². The predicted molar refractivity (Wildman–Crippen MR) is 173 cm³/mol. The number of ether oxygens (including phenoxy) is 1. The van der Waals surface area contributed by atoms with Crippen molar-refractivity contribution in [2.75, 3.05) is 0 Å². The summed E-state index contributed by atoms with van der Waals surface area (Å²) in [6.45, 7) is 21.1. The Kier molecular flexibility index (Phi) is 7.90. The van der Waals surface area contributed by atoms with Gasteiger partial charge in [-0.3, -0.25) is 4.98 Å². The van der Waals surface area contributed by atoms with Crippen molar-refractivity contribution in [2.45, 2.75) is 133 Å². The van der Waals surface area contributed by atoms with Crippen molar-refractivity contribution in [1.82, 2.24) is 4.98 Å². The Morgan fingerprint density at radius 1 is 1.18 bits per heavy atom. The second-order valence-electron chi connectivity index (χ2n) is 15.0. The fraction of sp³-hybridized carbons (Fsp3) is 0.647. The SMILES string of the molecule is CC(C)c1nc2c(c3c1[C@@H](c1ccc(CC#N)cc1)OC31CCCC1I)C(O[Si](C)(C)C(C)(C)C)CC(C)(C)C2. The molecule has 216 valence electrons. The lowest BCUT2D eigenvalue weighted by atomic mass is 9.70. The summed E-state index contributed by atoms with van der Waals surface area (Å²) in [6.07, 6.45) is 5.68. The average Bonchev–Trinajstić information content (AvgIpc) is 3.38. The average molecular weight is 671 g/mol. The topological polar surface area (TPSA) is 55.1 Å². The molecule has 6 heteroatoms. The Balaban J connectivity index is 1.78. The minimum Gasteiger partial charge on any atom is -0.410 e. The summed E-state index contributed by atoms with van der Waals surface area (Å²) in [5, 5.41) is 9.34. The van der Waals surface area contributed by atoms with Crippen molar-refractivity contribution in [2.24, 2.45) is 5.41 Å². The zero-order valence-corrected chi connectivity index (χ0v) is 29.1. The summed E-state index contributed by atoms with van der Waals surface area (Å²) in [6, 6.07) is 10.8. The van der Waals surface area contributed by atoms with E-state index >= 15 is 0 Å². The van der Waals surface area contributed by atoms with E-state index in [4.69, 9.17) is 14.1 Å². The highest BCUT2D eigenvalue weighted by molar-refractivity contribution is 14.1. The van der Waals surface area contributed by atoms with Crippen LogP contribution in [0, 0.1) is 16.7 Å². The van der Waals surface area contributed by atoms with Crippen molar-refractivity contribution >= 4 is 30.9 Å². The molecule has 0 amide bonds. The largest absolute Gasteiger partial charge is 0.410 e. The molecule has 4 nitrogen and oxygen atoms in total. The molecule has 3 aliphatic rings. The molecule has 1 fully saturated rings. The van der Waals surface area contributed by atoms with E-state index in [-0.39, 0.29) is 34.2 Å². The van der Waals surface area contributed by atoms with E-state index in [2.05, 4.69) is 114 Å². The molecule has 5 rings (SSSR count). The maximum absolute atomic E-state index is 9.21. The number of rotatable bonds is 5. The molecule has 2 aromatic rings. The second-order valence-corrected chi connectivity index (χ2v) is 21.3. The van der Waals surface area contributed by atoms with Crippen LogP contribution in [0.3, 0.4) is 0 Å². The Morgan fingerprint density at radius 2 is 1.85 bits per heavy atom. The van der Waals surface area contributed by atoms with E-state index in [1.54, 1.807) is 0 Å². The molecule has 1 saturated carbocycles. The molecular weight excluding hydrogens is 623 g/mol. The molecule has 0 radical (unpaired) electrons. The van der Waals surface area contributed by atoms with E-state index in [0.29, 0.717) is 10.3 Å². The number of hydrogen-bond donors (Lipinski definition) is 0. The van der Waals surface area contributed by atoms with Gasteiger partial charge in [-0.05, 0) is 72.7 Å². The summed E-state index contributed by atoms with van der Waals surface area (Å²) in [5.41, 5.74) is 8.52. The van der Waals surface area contributed by atoms with Crippen LogP contribution in [-0.4, -0.2) is 17.2 Å². The number of hydrogen-bond acceptors (Lipinski definition) is 4. The lowest BCUT2D eigenvalue weighted by Gasteiger charge is -2.45. The fourth-order valence-corrected chi connectivity index (χ4v) is 9.38. The van der Waals surface area contributed by atoms with Gasteiger partial charge in [-0.2, -0.15) is 5.26 Å². The summed E-state index contributed by atoms with van der Waals surface area (Å²) < 4.78 is 15.1. The van der Waals surface area contributed by atoms with Crippen LogP contribution in [0.4, 0.5) is 0 Å². The number of halogens is 1. The Morgan fingerprint density at radius 3 is 2.40 bits per heavy atom. The van der Waals surface area contributed by atoms with Gasteiger partial charge in [0.05, 0.1) is 18.6 Å². The number of nitriles is 1. The van der Waals surface area contributed by atoms with Crippen LogP contribution in [0.1, 0.15) is 131 Å². The third-order valence-corrected chi connectivity index (χ3v) is 16.1. The van der Waals surface area contributed by atoms with Crippen LogP contribution in [-0.2, 0) is 27.6 Å². The van der Waals surface area contributed by atoms with E-state index in [1.165, 1.54) is 40.9 Å². The summed E-state index contributed by atoms with van der Waals surface area (Å²) in [7, 11) is -2.05. The maximum Gasteiger partial charge on any atom is 0.192 e. The molecule has 2 heterocycles. The van der Waals surface area contributed by atoms with E-state index in [9.17, 15) is 5.26 Å². The van der Waals surface area contributed by atoms with Crippen LogP contribution < -0.4 is 0 Å². The van der Waals surface area contributed by atoms with Crippen LogP contribution in [0.5, 0.6) is 0 Å². The molecule has 3 unspecified atom stereocenters. The van der Waals surface area contributed by atoms with Gasteiger partial charge in [-0.15, -0.1) is 0 Å². The van der Waals surface area contributed by atoms with Gasteiger partial charge in [0.25, 0.3) is 0 Å². The van der Waals surface area contributed by atoms with Gasteiger partial charge in [0.2, 0.25) is 0 Å². The van der Waals surface area contributed by atoms with E-state index in [0.717, 1.165) is 30.4 Å². The van der Waals surface area contributed by atoms with Crippen molar-refractivity contribution in [3.05, 3.63) is 63.5 Å². The maximum atomic E-state index is 9.21. The number of nitrogens with zero attached hydrogens (tertiary/aromatic N) is 2. The molecule has 1 spiro atoms. The molecule has 2 aliphatic carbocycles. The summed E-state index contributed by atoms with van der Waals surface area (Å²) in [5.74, 6) is 0.289. The Labute approximate surface area is 256 Å². The predicted octanol–water partition coefficient (Wildman–Crippen LogP) is 9.61. The molecule has 4 atom stereocenters. The molecule has 0 N–H and O–H groups in total. The normalized spacial score (nSPS) is 27.6. The quantitative estimate of drug-likeness (QED) is 0.181. The Hall–Kier alpha value is -1.27. The molecule has 1 aromatic carbocycles. The van der Waals surface area contributed by atoms with Gasteiger partial charge in [0.15, 0.2) is 8.32 Å². The smallest absolute Gasteiger partial charge is 0.192 e. The molecule has 0 bridgehead atoms. The number of alkyl halides is 1. The first-order valence-electron chi connectivity index (χ1n) is 15.1. The fourth-order valence-electron chi connectivity index (χ4n) is 6.90. The summed E-state index contributed by atoms with van der Waals surface area (Å²) in [4.78, 5) is 5.53. The van der Waals surface area contributed by atoms with Gasteiger partial charge in [-0.25, -0.2) is 0 Å². The lowest BCUT2D eigenvalue weighted by Crippen LogP contribution is -2.44. The second kappa shape index (κ2) is 10.5. The van der Waals surface area contributed by atoms with E-state index in [1.807, 2.05) is 0 Å².